The van der Waals surface area contributed by atoms with Gasteiger partial charge in [0.05, 0.1) is 17.2 Å². The number of anilines is 3. The molecule has 1 aromatic heterocycles. The number of carbonyl (C=O) groups excluding carboxylic acids is 1. The number of halogens is 1. The van der Waals surface area contributed by atoms with Crippen LogP contribution < -0.4 is 10.6 Å². The van der Waals surface area contributed by atoms with E-state index in [-0.39, 0.29) is 5.91 Å². The van der Waals surface area contributed by atoms with Crippen LogP contribution in [0.1, 0.15) is 21.5 Å². The number of carbonyl (C=O) groups is 1. The highest BCUT2D eigenvalue weighted by Crippen LogP contribution is 2.23. The average Bonchev–Trinajstić information content (AvgIpc) is 2.66. The summed E-state index contributed by atoms with van der Waals surface area (Å²) in [5, 5.41) is 15.4. The summed E-state index contributed by atoms with van der Waals surface area (Å²) in [4.78, 5) is 16.6. The molecule has 3 aromatic rings. The molecule has 3 rings (SSSR count). The molecule has 0 unspecified atom stereocenters. The van der Waals surface area contributed by atoms with E-state index in [2.05, 4.69) is 15.6 Å². The lowest BCUT2D eigenvalue weighted by atomic mass is 10.2. The molecule has 5 nitrogen and oxygen atoms in total. The average molecular weight is 363 g/mol. The molecule has 0 atom stereocenters. The first-order chi connectivity index (χ1) is 12.5. The van der Waals surface area contributed by atoms with Gasteiger partial charge in [0.25, 0.3) is 5.91 Å². The first-order valence-electron chi connectivity index (χ1n) is 7.86. The first-order valence-corrected chi connectivity index (χ1v) is 8.24. The van der Waals surface area contributed by atoms with Crippen molar-refractivity contribution in [3.63, 3.8) is 0 Å². The standard InChI is InChI=1S/C20H15ClN4O/c1-13-2-6-16(21)10-18(13)25-19-9-5-15(12-23-19)20(26)24-17-7-3-14(11-22)4-8-17/h2-10,12H,1H3,(H,23,25)(H,24,26). The molecule has 0 bridgehead atoms. The maximum Gasteiger partial charge on any atom is 0.257 e. The van der Waals surface area contributed by atoms with Gasteiger partial charge in [-0.15, -0.1) is 0 Å². The minimum atomic E-state index is -0.271. The van der Waals surface area contributed by atoms with Gasteiger partial charge in [0, 0.05) is 22.6 Å². The second-order valence-corrected chi connectivity index (χ2v) is 6.10. The quantitative estimate of drug-likeness (QED) is 0.691. The Morgan fingerprint density at radius 3 is 2.54 bits per heavy atom. The Bertz CT molecular complexity index is 976. The first kappa shape index (κ1) is 17.5. The van der Waals surface area contributed by atoms with Crippen LogP contribution in [0.15, 0.2) is 60.8 Å². The van der Waals surface area contributed by atoms with Crippen molar-refractivity contribution < 1.29 is 4.79 Å². The molecular formula is C20H15ClN4O. The fourth-order valence-corrected chi connectivity index (χ4v) is 2.47. The second kappa shape index (κ2) is 7.68. The number of benzene rings is 2. The van der Waals surface area contributed by atoms with Gasteiger partial charge in [0.15, 0.2) is 0 Å². The van der Waals surface area contributed by atoms with E-state index in [1.165, 1.54) is 6.20 Å². The number of nitrogens with one attached hydrogen (secondary N) is 2. The van der Waals surface area contributed by atoms with Gasteiger partial charge in [-0.25, -0.2) is 4.98 Å². The third-order valence-electron chi connectivity index (χ3n) is 3.76. The molecule has 0 spiro atoms. The molecule has 0 fully saturated rings. The van der Waals surface area contributed by atoms with Crippen LogP contribution in [0.3, 0.4) is 0 Å². The number of hydrogen-bond acceptors (Lipinski definition) is 4. The van der Waals surface area contributed by atoms with Crippen molar-refractivity contribution in [1.82, 2.24) is 4.98 Å². The van der Waals surface area contributed by atoms with E-state index in [4.69, 9.17) is 16.9 Å². The smallest absolute Gasteiger partial charge is 0.257 e. The monoisotopic (exact) mass is 362 g/mol. The maximum absolute atomic E-state index is 12.3. The Balaban J connectivity index is 1.69. The van der Waals surface area contributed by atoms with E-state index in [0.29, 0.717) is 27.7 Å². The van der Waals surface area contributed by atoms with Crippen molar-refractivity contribution in [2.45, 2.75) is 6.92 Å². The van der Waals surface area contributed by atoms with Gasteiger partial charge in [0.2, 0.25) is 0 Å². The van der Waals surface area contributed by atoms with E-state index < -0.39 is 0 Å². The summed E-state index contributed by atoms with van der Waals surface area (Å²) in [5.41, 5.74) is 3.49. The van der Waals surface area contributed by atoms with Gasteiger partial charge in [-0.05, 0) is 61.0 Å². The highest BCUT2D eigenvalue weighted by atomic mass is 35.5. The molecule has 128 valence electrons. The van der Waals surface area contributed by atoms with Crippen molar-refractivity contribution >= 4 is 34.7 Å². The lowest BCUT2D eigenvalue weighted by molar-refractivity contribution is 0.102. The van der Waals surface area contributed by atoms with Crippen LogP contribution in [0.2, 0.25) is 5.02 Å². The Morgan fingerprint density at radius 1 is 1.12 bits per heavy atom. The third-order valence-corrected chi connectivity index (χ3v) is 3.99. The number of pyridine rings is 1. The zero-order valence-corrected chi connectivity index (χ0v) is 14.7. The zero-order chi connectivity index (χ0) is 18.5. The summed E-state index contributed by atoms with van der Waals surface area (Å²) in [7, 11) is 0. The third kappa shape index (κ3) is 4.18. The van der Waals surface area contributed by atoms with Crippen molar-refractivity contribution in [1.29, 1.82) is 5.26 Å². The lowest BCUT2D eigenvalue weighted by Gasteiger charge is -2.10. The van der Waals surface area contributed by atoms with Crippen LogP contribution in [0, 0.1) is 18.3 Å². The highest BCUT2D eigenvalue weighted by Gasteiger charge is 2.08. The molecule has 1 heterocycles. The molecule has 0 saturated heterocycles. The number of rotatable bonds is 4. The number of amides is 1. The van der Waals surface area contributed by atoms with Crippen LogP contribution >= 0.6 is 11.6 Å². The Labute approximate surface area is 156 Å². The topological polar surface area (TPSA) is 77.8 Å². The molecule has 2 aromatic carbocycles. The summed E-state index contributed by atoms with van der Waals surface area (Å²) < 4.78 is 0. The van der Waals surface area contributed by atoms with Gasteiger partial charge < -0.3 is 10.6 Å². The molecule has 26 heavy (non-hydrogen) atoms. The van der Waals surface area contributed by atoms with E-state index >= 15 is 0 Å². The number of hydrogen-bond donors (Lipinski definition) is 2. The molecule has 1 amide bonds. The van der Waals surface area contributed by atoms with E-state index in [0.717, 1.165) is 11.3 Å². The lowest BCUT2D eigenvalue weighted by Crippen LogP contribution is -2.12. The van der Waals surface area contributed by atoms with Crippen LogP contribution in [0.4, 0.5) is 17.2 Å². The van der Waals surface area contributed by atoms with Gasteiger partial charge in [-0.1, -0.05) is 17.7 Å². The summed E-state index contributed by atoms with van der Waals surface area (Å²) in [6, 6.07) is 17.7. The molecule has 0 aliphatic carbocycles. The van der Waals surface area contributed by atoms with Crippen LogP contribution in [0.5, 0.6) is 0 Å². The summed E-state index contributed by atoms with van der Waals surface area (Å²) >= 11 is 6.01. The number of aromatic nitrogens is 1. The van der Waals surface area contributed by atoms with E-state index in [9.17, 15) is 4.79 Å². The molecule has 0 saturated carbocycles. The molecule has 0 radical (unpaired) electrons. The van der Waals surface area contributed by atoms with Crippen LogP contribution in [0.25, 0.3) is 0 Å². The zero-order valence-electron chi connectivity index (χ0n) is 14.0. The van der Waals surface area contributed by atoms with Crippen molar-refractivity contribution in [3.8, 4) is 6.07 Å². The largest absolute Gasteiger partial charge is 0.340 e. The number of nitriles is 1. The van der Waals surface area contributed by atoms with Crippen molar-refractivity contribution in [3.05, 3.63) is 82.5 Å². The molecule has 0 aliphatic heterocycles. The van der Waals surface area contributed by atoms with E-state index in [1.54, 1.807) is 36.4 Å². The summed E-state index contributed by atoms with van der Waals surface area (Å²) in [6.45, 7) is 1.97. The minimum absolute atomic E-state index is 0.271. The van der Waals surface area contributed by atoms with Crippen LogP contribution in [-0.2, 0) is 0 Å². The highest BCUT2D eigenvalue weighted by molar-refractivity contribution is 6.30. The summed E-state index contributed by atoms with van der Waals surface area (Å²) in [6.07, 6.45) is 1.50. The van der Waals surface area contributed by atoms with Gasteiger partial charge >= 0.3 is 0 Å². The number of nitrogens with zero attached hydrogens (tertiary/aromatic N) is 2. The predicted molar refractivity (Wildman–Crippen MR) is 103 cm³/mol. The maximum atomic E-state index is 12.3. The molecule has 2 N–H and O–H groups in total. The SMILES string of the molecule is Cc1ccc(Cl)cc1Nc1ccc(C(=O)Nc2ccc(C#N)cc2)cn1. The fraction of sp³-hybridized carbons (Fsp3) is 0.0500. The minimum Gasteiger partial charge on any atom is -0.340 e. The Hall–Kier alpha value is -3.36. The molecule has 6 heteroatoms. The second-order valence-electron chi connectivity index (χ2n) is 5.66. The fourth-order valence-electron chi connectivity index (χ4n) is 2.30. The Kier molecular flexibility index (Phi) is 5.16. The van der Waals surface area contributed by atoms with Gasteiger partial charge in [-0.3, -0.25) is 4.79 Å². The molecule has 0 aliphatic rings. The van der Waals surface area contributed by atoms with Gasteiger partial charge in [-0.2, -0.15) is 5.26 Å². The van der Waals surface area contributed by atoms with Crippen LogP contribution in [-0.4, -0.2) is 10.9 Å². The predicted octanol–water partition coefficient (Wildman–Crippen LogP) is 4.91. The van der Waals surface area contributed by atoms with Crippen molar-refractivity contribution in [2.75, 3.05) is 10.6 Å². The van der Waals surface area contributed by atoms with Gasteiger partial charge in [0.1, 0.15) is 5.82 Å². The van der Waals surface area contributed by atoms with E-state index in [1.807, 2.05) is 31.2 Å². The Morgan fingerprint density at radius 2 is 1.88 bits per heavy atom. The summed E-state index contributed by atoms with van der Waals surface area (Å²) in [5.74, 6) is 0.345. The number of aryl methyl sites for hydroxylation is 1. The van der Waals surface area contributed by atoms with Crippen molar-refractivity contribution in [2.24, 2.45) is 0 Å². The normalized spacial score (nSPS) is 10.0. The molecular weight excluding hydrogens is 348 g/mol.